The fourth-order valence-electron chi connectivity index (χ4n) is 2.36. The van der Waals surface area contributed by atoms with Crippen LogP contribution in [0.3, 0.4) is 0 Å². The number of H-pyrrole nitrogens is 1. The number of nitrogens with zero attached hydrogens (tertiary/aromatic N) is 1. The van der Waals surface area contributed by atoms with Crippen LogP contribution in [0.2, 0.25) is 0 Å². The third-order valence-electron chi connectivity index (χ3n) is 3.40. The Labute approximate surface area is 123 Å². The lowest BCUT2D eigenvalue weighted by atomic mass is 9.99. The molecular formula is C17H16N2O2. The summed E-state index contributed by atoms with van der Waals surface area (Å²) in [5.74, 6) is 1.53. The van der Waals surface area contributed by atoms with Crippen LogP contribution >= 0.6 is 0 Å². The second kappa shape index (κ2) is 5.71. The predicted octanol–water partition coefficient (Wildman–Crippen LogP) is 3.76. The van der Waals surface area contributed by atoms with Crippen molar-refractivity contribution in [2.75, 3.05) is 14.2 Å². The van der Waals surface area contributed by atoms with Crippen LogP contribution in [0.4, 0.5) is 0 Å². The number of methoxy groups -OCH3 is 2. The number of rotatable bonds is 4. The second-order valence-corrected chi connectivity index (χ2v) is 4.59. The Hall–Kier alpha value is -2.75. The summed E-state index contributed by atoms with van der Waals surface area (Å²) >= 11 is 0. The van der Waals surface area contributed by atoms with Gasteiger partial charge in [0.05, 0.1) is 19.9 Å². The van der Waals surface area contributed by atoms with Crippen LogP contribution < -0.4 is 9.47 Å². The van der Waals surface area contributed by atoms with Crippen molar-refractivity contribution in [3.05, 3.63) is 54.7 Å². The SMILES string of the molecule is COc1cc(OC)c(-c2ccn[nH]2)cc1-c1ccccc1. The zero-order chi connectivity index (χ0) is 14.7. The van der Waals surface area contributed by atoms with Crippen molar-refractivity contribution in [1.82, 2.24) is 10.2 Å². The number of aromatic amines is 1. The third-order valence-corrected chi connectivity index (χ3v) is 3.40. The first-order valence-corrected chi connectivity index (χ1v) is 6.64. The summed E-state index contributed by atoms with van der Waals surface area (Å²) in [5, 5.41) is 6.98. The normalized spacial score (nSPS) is 10.4. The molecule has 21 heavy (non-hydrogen) atoms. The summed E-state index contributed by atoms with van der Waals surface area (Å²) in [6, 6.07) is 16.0. The number of hydrogen-bond donors (Lipinski definition) is 1. The number of ether oxygens (including phenoxy) is 2. The van der Waals surface area contributed by atoms with E-state index < -0.39 is 0 Å². The van der Waals surface area contributed by atoms with Gasteiger partial charge in [0.25, 0.3) is 0 Å². The predicted molar refractivity (Wildman–Crippen MR) is 82.6 cm³/mol. The molecular weight excluding hydrogens is 264 g/mol. The van der Waals surface area contributed by atoms with Crippen LogP contribution in [0.15, 0.2) is 54.7 Å². The Morgan fingerprint density at radius 3 is 2.19 bits per heavy atom. The number of benzene rings is 2. The lowest BCUT2D eigenvalue weighted by molar-refractivity contribution is 0.396. The van der Waals surface area contributed by atoms with E-state index in [1.807, 2.05) is 30.3 Å². The molecule has 0 atom stereocenters. The molecule has 0 spiro atoms. The highest BCUT2D eigenvalue weighted by atomic mass is 16.5. The Kier molecular flexibility index (Phi) is 3.60. The van der Waals surface area contributed by atoms with Gasteiger partial charge in [-0.3, -0.25) is 5.10 Å². The quantitative estimate of drug-likeness (QED) is 0.791. The van der Waals surface area contributed by atoms with Crippen molar-refractivity contribution in [3.63, 3.8) is 0 Å². The average Bonchev–Trinajstić information content (AvgIpc) is 3.08. The molecule has 0 aliphatic rings. The minimum Gasteiger partial charge on any atom is -0.496 e. The Balaban J connectivity index is 2.22. The zero-order valence-corrected chi connectivity index (χ0v) is 12.0. The molecule has 0 aliphatic heterocycles. The maximum absolute atomic E-state index is 5.51. The van der Waals surface area contributed by atoms with Crippen molar-refractivity contribution in [2.45, 2.75) is 0 Å². The standard InChI is InChI=1S/C17H16N2O2/c1-20-16-11-17(21-2)14(15-8-9-18-19-15)10-13(16)12-6-4-3-5-7-12/h3-11H,1-2H3,(H,18,19). The fraction of sp³-hybridized carbons (Fsp3) is 0.118. The molecule has 3 rings (SSSR count). The molecule has 0 radical (unpaired) electrons. The number of hydrogen-bond acceptors (Lipinski definition) is 3. The van der Waals surface area contributed by atoms with Crippen LogP contribution in [0.1, 0.15) is 0 Å². The van der Waals surface area contributed by atoms with E-state index in [-0.39, 0.29) is 0 Å². The minimum atomic E-state index is 0.746. The number of nitrogens with one attached hydrogen (secondary N) is 1. The first-order valence-electron chi connectivity index (χ1n) is 6.64. The maximum atomic E-state index is 5.51. The molecule has 4 nitrogen and oxygen atoms in total. The molecule has 0 saturated heterocycles. The highest BCUT2D eigenvalue weighted by molar-refractivity contribution is 5.80. The Morgan fingerprint density at radius 1 is 0.857 bits per heavy atom. The van der Waals surface area contributed by atoms with Crippen LogP contribution in [0.25, 0.3) is 22.4 Å². The molecule has 1 heterocycles. The molecule has 0 bridgehead atoms. The summed E-state index contributed by atoms with van der Waals surface area (Å²) in [6.07, 6.45) is 1.72. The molecule has 3 aromatic rings. The molecule has 1 aromatic heterocycles. The van der Waals surface area contributed by atoms with E-state index in [1.165, 1.54) is 0 Å². The van der Waals surface area contributed by atoms with E-state index in [9.17, 15) is 0 Å². The Bertz CT molecular complexity index is 722. The van der Waals surface area contributed by atoms with E-state index >= 15 is 0 Å². The van der Waals surface area contributed by atoms with Gasteiger partial charge in [-0.25, -0.2) is 0 Å². The summed E-state index contributed by atoms with van der Waals surface area (Å²) < 4.78 is 11.0. The minimum absolute atomic E-state index is 0.746. The molecule has 0 fully saturated rings. The van der Waals surface area contributed by atoms with Crippen LogP contribution in [-0.2, 0) is 0 Å². The van der Waals surface area contributed by atoms with Gasteiger partial charge in [-0.15, -0.1) is 0 Å². The van der Waals surface area contributed by atoms with Crippen molar-refractivity contribution in [3.8, 4) is 33.9 Å². The largest absolute Gasteiger partial charge is 0.496 e. The molecule has 1 N–H and O–H groups in total. The van der Waals surface area contributed by atoms with E-state index in [0.717, 1.165) is 33.9 Å². The van der Waals surface area contributed by atoms with Gasteiger partial charge >= 0.3 is 0 Å². The van der Waals surface area contributed by atoms with Gasteiger partial charge in [0, 0.05) is 23.4 Å². The van der Waals surface area contributed by atoms with E-state index in [2.05, 4.69) is 28.4 Å². The van der Waals surface area contributed by atoms with Gasteiger partial charge in [-0.1, -0.05) is 30.3 Å². The monoisotopic (exact) mass is 280 g/mol. The summed E-state index contributed by atoms with van der Waals surface area (Å²) in [4.78, 5) is 0. The third kappa shape index (κ3) is 2.48. The molecule has 106 valence electrons. The van der Waals surface area contributed by atoms with E-state index in [0.29, 0.717) is 0 Å². The van der Waals surface area contributed by atoms with E-state index in [4.69, 9.17) is 9.47 Å². The van der Waals surface area contributed by atoms with Gasteiger partial charge in [0.1, 0.15) is 11.5 Å². The fourth-order valence-corrected chi connectivity index (χ4v) is 2.36. The zero-order valence-electron chi connectivity index (χ0n) is 12.0. The summed E-state index contributed by atoms with van der Waals surface area (Å²) in [7, 11) is 3.31. The van der Waals surface area contributed by atoms with Crippen LogP contribution in [0.5, 0.6) is 11.5 Å². The van der Waals surface area contributed by atoms with Gasteiger partial charge in [0.15, 0.2) is 0 Å². The number of aromatic nitrogens is 2. The summed E-state index contributed by atoms with van der Waals surface area (Å²) in [6.45, 7) is 0. The highest BCUT2D eigenvalue weighted by Crippen LogP contribution is 2.39. The lowest BCUT2D eigenvalue weighted by Gasteiger charge is -2.14. The van der Waals surface area contributed by atoms with Crippen molar-refractivity contribution in [1.29, 1.82) is 0 Å². The van der Waals surface area contributed by atoms with Gasteiger partial charge < -0.3 is 9.47 Å². The van der Waals surface area contributed by atoms with Gasteiger partial charge in [-0.05, 0) is 17.7 Å². The molecule has 0 unspecified atom stereocenters. The topological polar surface area (TPSA) is 47.1 Å². The van der Waals surface area contributed by atoms with Gasteiger partial charge in [0.2, 0.25) is 0 Å². The van der Waals surface area contributed by atoms with Crippen LogP contribution in [0, 0.1) is 0 Å². The molecule has 4 heteroatoms. The molecule has 0 saturated carbocycles. The maximum Gasteiger partial charge on any atom is 0.131 e. The first kappa shape index (κ1) is 13.2. The van der Waals surface area contributed by atoms with Crippen molar-refractivity contribution in [2.24, 2.45) is 0 Å². The van der Waals surface area contributed by atoms with Gasteiger partial charge in [-0.2, -0.15) is 5.10 Å². The lowest BCUT2D eigenvalue weighted by Crippen LogP contribution is -1.94. The Morgan fingerprint density at radius 2 is 1.57 bits per heavy atom. The molecule has 2 aromatic carbocycles. The van der Waals surface area contributed by atoms with Crippen LogP contribution in [-0.4, -0.2) is 24.4 Å². The van der Waals surface area contributed by atoms with Crippen molar-refractivity contribution < 1.29 is 9.47 Å². The highest BCUT2D eigenvalue weighted by Gasteiger charge is 2.14. The molecule has 0 amide bonds. The average molecular weight is 280 g/mol. The van der Waals surface area contributed by atoms with Crippen molar-refractivity contribution >= 4 is 0 Å². The van der Waals surface area contributed by atoms with E-state index in [1.54, 1.807) is 20.4 Å². The first-order chi connectivity index (χ1) is 10.3. The second-order valence-electron chi connectivity index (χ2n) is 4.59. The molecule has 0 aliphatic carbocycles. The smallest absolute Gasteiger partial charge is 0.131 e. The summed E-state index contributed by atoms with van der Waals surface area (Å²) in [5.41, 5.74) is 3.97.